The van der Waals surface area contributed by atoms with Gasteiger partial charge in [-0.05, 0) is 60.1 Å². The number of aromatic amines is 1. The van der Waals surface area contributed by atoms with Crippen molar-refractivity contribution in [3.63, 3.8) is 0 Å². The zero-order chi connectivity index (χ0) is 20.6. The molecule has 1 aliphatic carbocycles. The third kappa shape index (κ3) is 2.33. The van der Waals surface area contributed by atoms with Crippen LogP contribution in [0.3, 0.4) is 0 Å². The molecule has 2 bridgehead atoms. The first-order chi connectivity index (χ1) is 13.7. The molecule has 5 heteroatoms. The maximum absolute atomic E-state index is 13.7. The molecule has 5 nitrogen and oxygen atoms in total. The summed E-state index contributed by atoms with van der Waals surface area (Å²) in [4.78, 5) is 23.2. The molecule has 1 unspecified atom stereocenters. The van der Waals surface area contributed by atoms with Gasteiger partial charge < -0.3 is 15.0 Å². The Labute approximate surface area is 170 Å². The molecule has 5 rings (SSSR count). The molecule has 3 aromatic rings. The van der Waals surface area contributed by atoms with Crippen LogP contribution in [0.4, 0.5) is 0 Å². The molecule has 2 atom stereocenters. The van der Waals surface area contributed by atoms with Crippen LogP contribution >= 0.6 is 0 Å². The molecule has 1 saturated heterocycles. The number of piperidine rings is 1. The SMILES string of the molecule is Cc1cc2nc[nH]c2cc1C(=O)N1CC[C@@]2(C)c3cccc(O)c3CC1C2(C)C. The number of nitrogens with one attached hydrogen (secondary N) is 1. The van der Waals surface area contributed by atoms with Crippen molar-refractivity contribution >= 4 is 16.9 Å². The van der Waals surface area contributed by atoms with E-state index in [0.717, 1.165) is 40.7 Å². The maximum Gasteiger partial charge on any atom is 0.254 e. The van der Waals surface area contributed by atoms with Crippen molar-refractivity contribution in [2.75, 3.05) is 6.54 Å². The summed E-state index contributed by atoms with van der Waals surface area (Å²) in [6, 6.07) is 9.79. The molecule has 1 aromatic heterocycles. The smallest absolute Gasteiger partial charge is 0.254 e. The molecule has 1 aliphatic heterocycles. The Morgan fingerprint density at radius 3 is 2.86 bits per heavy atom. The minimum atomic E-state index is -0.103. The van der Waals surface area contributed by atoms with Gasteiger partial charge >= 0.3 is 0 Å². The summed E-state index contributed by atoms with van der Waals surface area (Å²) in [5, 5.41) is 10.6. The van der Waals surface area contributed by atoms with E-state index in [1.165, 1.54) is 5.56 Å². The Bertz CT molecular complexity index is 1150. The van der Waals surface area contributed by atoms with Crippen LogP contribution in [0.5, 0.6) is 5.75 Å². The van der Waals surface area contributed by atoms with Gasteiger partial charge in [-0.25, -0.2) is 4.98 Å². The summed E-state index contributed by atoms with van der Waals surface area (Å²) in [7, 11) is 0. The first kappa shape index (κ1) is 18.2. The van der Waals surface area contributed by atoms with Gasteiger partial charge in [-0.3, -0.25) is 4.79 Å². The number of hydrogen-bond donors (Lipinski definition) is 2. The van der Waals surface area contributed by atoms with E-state index in [1.807, 2.05) is 30.0 Å². The lowest BCUT2D eigenvalue weighted by Gasteiger charge is -2.60. The van der Waals surface area contributed by atoms with E-state index in [0.29, 0.717) is 12.2 Å². The van der Waals surface area contributed by atoms with E-state index in [-0.39, 0.29) is 22.8 Å². The standard InChI is InChI=1S/C24H27N3O2/c1-14-10-18-19(26-13-25-18)11-15(14)22(29)27-9-8-24(4)17-6-5-7-20(28)16(17)12-21(27)23(24,2)3/h5-7,10-11,13,21,28H,8-9,12H2,1-4H3,(H,25,26)/t21?,24-/m0/s1. The number of nitrogens with zero attached hydrogens (tertiary/aromatic N) is 2. The van der Waals surface area contributed by atoms with Crippen molar-refractivity contribution in [3.8, 4) is 5.75 Å². The topological polar surface area (TPSA) is 69.2 Å². The summed E-state index contributed by atoms with van der Waals surface area (Å²) < 4.78 is 0. The lowest BCUT2D eigenvalue weighted by molar-refractivity contribution is -0.0266. The second kappa shape index (κ2) is 5.85. The summed E-state index contributed by atoms with van der Waals surface area (Å²) in [5.74, 6) is 0.413. The van der Waals surface area contributed by atoms with E-state index < -0.39 is 0 Å². The Morgan fingerprint density at radius 2 is 2.07 bits per heavy atom. The van der Waals surface area contributed by atoms with Gasteiger partial charge in [-0.2, -0.15) is 0 Å². The number of benzene rings is 2. The molecule has 2 aromatic carbocycles. The minimum absolute atomic E-state index is 0.0337. The number of likely N-dealkylation sites (tertiary alicyclic amines) is 1. The second-order valence-electron chi connectivity index (χ2n) is 9.41. The molecule has 0 radical (unpaired) electrons. The van der Waals surface area contributed by atoms with Gasteiger partial charge in [0.05, 0.1) is 17.4 Å². The lowest BCUT2D eigenvalue weighted by atomic mass is 9.51. The quantitative estimate of drug-likeness (QED) is 0.651. The molecule has 2 N–H and O–H groups in total. The molecule has 0 spiro atoms. The summed E-state index contributed by atoms with van der Waals surface area (Å²) in [5.41, 5.74) is 5.48. The predicted octanol–water partition coefficient (Wildman–Crippen LogP) is 4.33. The number of hydrogen-bond acceptors (Lipinski definition) is 3. The van der Waals surface area contributed by atoms with Crippen molar-refractivity contribution in [1.82, 2.24) is 14.9 Å². The van der Waals surface area contributed by atoms with Gasteiger partial charge in [0.1, 0.15) is 5.75 Å². The number of carbonyl (C=O) groups is 1. The van der Waals surface area contributed by atoms with E-state index in [9.17, 15) is 9.90 Å². The summed E-state index contributed by atoms with van der Waals surface area (Å²) >= 11 is 0. The minimum Gasteiger partial charge on any atom is -0.508 e. The number of aromatic nitrogens is 2. The highest BCUT2D eigenvalue weighted by Gasteiger charge is 2.57. The molecular weight excluding hydrogens is 362 g/mol. The van der Waals surface area contributed by atoms with Crippen molar-refractivity contribution in [2.24, 2.45) is 5.41 Å². The summed E-state index contributed by atoms with van der Waals surface area (Å²) in [6.45, 7) is 9.53. The Balaban J connectivity index is 1.60. The van der Waals surface area contributed by atoms with Crippen LogP contribution in [-0.4, -0.2) is 38.5 Å². The van der Waals surface area contributed by atoms with Crippen LogP contribution in [0, 0.1) is 12.3 Å². The zero-order valence-corrected chi connectivity index (χ0v) is 17.4. The number of imidazole rings is 1. The van der Waals surface area contributed by atoms with Gasteiger partial charge in [0, 0.05) is 23.6 Å². The van der Waals surface area contributed by atoms with E-state index in [4.69, 9.17) is 0 Å². The van der Waals surface area contributed by atoms with Gasteiger partial charge in [-0.15, -0.1) is 0 Å². The van der Waals surface area contributed by atoms with Crippen molar-refractivity contribution < 1.29 is 9.90 Å². The normalized spacial score (nSPS) is 25.1. The molecule has 150 valence electrons. The number of amides is 1. The monoisotopic (exact) mass is 389 g/mol. The number of fused-ring (bicyclic) bond motifs is 5. The molecule has 1 amide bonds. The van der Waals surface area contributed by atoms with Crippen molar-refractivity contribution in [1.29, 1.82) is 0 Å². The molecule has 0 saturated carbocycles. The highest BCUT2D eigenvalue weighted by Crippen LogP contribution is 2.57. The van der Waals surface area contributed by atoms with E-state index in [2.05, 4.69) is 36.8 Å². The van der Waals surface area contributed by atoms with Gasteiger partial charge in [-0.1, -0.05) is 32.9 Å². The number of phenolic OH excluding ortho intramolecular Hbond substituents is 1. The fraction of sp³-hybridized carbons (Fsp3) is 0.417. The first-order valence-corrected chi connectivity index (χ1v) is 10.3. The average Bonchev–Trinajstić information content (AvgIpc) is 3.11. The highest BCUT2D eigenvalue weighted by atomic mass is 16.3. The molecule has 1 fully saturated rings. The van der Waals surface area contributed by atoms with Gasteiger partial charge in [0.25, 0.3) is 5.91 Å². The van der Waals surface area contributed by atoms with Crippen LogP contribution in [0.1, 0.15) is 54.2 Å². The zero-order valence-electron chi connectivity index (χ0n) is 17.4. The second-order valence-corrected chi connectivity index (χ2v) is 9.41. The highest BCUT2D eigenvalue weighted by molar-refractivity contribution is 5.99. The van der Waals surface area contributed by atoms with Crippen molar-refractivity contribution in [3.05, 3.63) is 58.9 Å². The molecule has 2 aliphatic rings. The maximum atomic E-state index is 13.7. The number of rotatable bonds is 1. The van der Waals surface area contributed by atoms with Crippen LogP contribution < -0.4 is 0 Å². The van der Waals surface area contributed by atoms with Gasteiger partial charge in [0.15, 0.2) is 0 Å². The number of carbonyl (C=O) groups excluding carboxylic acids is 1. The summed E-state index contributed by atoms with van der Waals surface area (Å²) in [6.07, 6.45) is 3.22. The fourth-order valence-electron chi connectivity index (χ4n) is 5.64. The van der Waals surface area contributed by atoms with Crippen LogP contribution in [0.25, 0.3) is 11.0 Å². The number of phenols is 1. The fourth-order valence-corrected chi connectivity index (χ4v) is 5.64. The van der Waals surface area contributed by atoms with Crippen molar-refractivity contribution in [2.45, 2.75) is 52.0 Å². The number of H-pyrrole nitrogens is 1. The Morgan fingerprint density at radius 1 is 1.28 bits per heavy atom. The molecule has 29 heavy (non-hydrogen) atoms. The average molecular weight is 389 g/mol. The first-order valence-electron chi connectivity index (χ1n) is 10.3. The third-order valence-corrected chi connectivity index (χ3v) is 7.88. The van der Waals surface area contributed by atoms with Crippen LogP contribution in [-0.2, 0) is 11.8 Å². The number of aromatic hydroxyl groups is 1. The largest absolute Gasteiger partial charge is 0.508 e. The van der Waals surface area contributed by atoms with Gasteiger partial charge in [0.2, 0.25) is 0 Å². The van der Waals surface area contributed by atoms with E-state index >= 15 is 0 Å². The molecular formula is C24H27N3O2. The Kier molecular flexibility index (Phi) is 3.67. The van der Waals surface area contributed by atoms with E-state index in [1.54, 1.807) is 12.4 Å². The molecule has 2 heterocycles. The van der Waals surface area contributed by atoms with Crippen LogP contribution in [0.2, 0.25) is 0 Å². The number of aryl methyl sites for hydroxylation is 1. The lowest BCUT2D eigenvalue weighted by Crippen LogP contribution is -2.64. The predicted molar refractivity (Wildman–Crippen MR) is 113 cm³/mol. The Hall–Kier alpha value is -2.82. The van der Waals surface area contributed by atoms with Crippen LogP contribution in [0.15, 0.2) is 36.7 Å². The third-order valence-electron chi connectivity index (χ3n) is 7.88.